The van der Waals surface area contributed by atoms with Crippen LogP contribution >= 0.6 is 0 Å². The van der Waals surface area contributed by atoms with Crippen LogP contribution in [0.1, 0.15) is 54.9 Å². The minimum Gasteiger partial charge on any atom is -0.506 e. The van der Waals surface area contributed by atoms with Crippen LogP contribution in [-0.4, -0.2) is 50.9 Å². The number of anilines is 2. The lowest BCUT2D eigenvalue weighted by molar-refractivity contribution is -0.116. The van der Waals surface area contributed by atoms with Crippen LogP contribution in [0.25, 0.3) is 22.0 Å². The Morgan fingerprint density at radius 3 is 2.35 bits per heavy atom. The van der Waals surface area contributed by atoms with Crippen molar-refractivity contribution in [2.24, 2.45) is 5.73 Å². The number of phenolic OH excluding ortho intramolecular Hbond substituents is 1. The largest absolute Gasteiger partial charge is 0.506 e. The molecule has 8 N–H and O–H groups in total. The molecule has 0 unspecified atom stereocenters. The highest BCUT2D eigenvalue weighted by Crippen LogP contribution is 2.36. The second kappa shape index (κ2) is 16.0. The molecule has 11 heteroatoms. The zero-order valence-electron chi connectivity index (χ0n) is 28.2. The van der Waals surface area contributed by atoms with Crippen molar-refractivity contribution < 1.29 is 24.9 Å². The van der Waals surface area contributed by atoms with E-state index in [2.05, 4.69) is 15.6 Å². The number of amides is 2. The summed E-state index contributed by atoms with van der Waals surface area (Å²) >= 11 is 0. The Balaban J connectivity index is 1.05. The number of nitrogens with zero attached hydrogens (tertiary/aromatic N) is 1. The van der Waals surface area contributed by atoms with Gasteiger partial charge in [-0.3, -0.25) is 14.5 Å². The van der Waals surface area contributed by atoms with Gasteiger partial charge in [-0.25, -0.2) is 4.79 Å². The zero-order chi connectivity index (χ0) is 35.9. The highest BCUT2D eigenvalue weighted by Gasteiger charge is 2.30. The average molecular weight is 690 g/mol. The Labute approximate surface area is 295 Å². The summed E-state index contributed by atoms with van der Waals surface area (Å²) in [6, 6.07) is 28.9. The van der Waals surface area contributed by atoms with Crippen molar-refractivity contribution in [3.8, 4) is 16.9 Å². The topological polar surface area (TPSA) is 181 Å². The molecule has 1 heterocycles. The van der Waals surface area contributed by atoms with Crippen molar-refractivity contribution in [1.29, 1.82) is 0 Å². The van der Waals surface area contributed by atoms with E-state index in [1.807, 2.05) is 72.8 Å². The molecule has 0 saturated heterocycles. The molecule has 1 aromatic heterocycles. The maximum atomic E-state index is 13.0. The molecule has 51 heavy (non-hydrogen) atoms. The number of nitrogens with two attached hydrogens (primary N) is 1. The minimum atomic E-state index is -0.998. The van der Waals surface area contributed by atoms with Gasteiger partial charge in [-0.2, -0.15) is 0 Å². The number of carboxylic acid groups (broad SMARTS) is 1. The van der Waals surface area contributed by atoms with E-state index in [0.717, 1.165) is 35.1 Å². The normalized spacial score (nSPS) is 16.4. The number of nitrogens with one attached hydrogen (secondary N) is 3. The summed E-state index contributed by atoms with van der Waals surface area (Å²) < 4.78 is 0. The van der Waals surface area contributed by atoms with E-state index >= 15 is 0 Å². The fourth-order valence-electron chi connectivity index (χ4n) is 6.81. The van der Waals surface area contributed by atoms with Gasteiger partial charge in [0.15, 0.2) is 0 Å². The van der Waals surface area contributed by atoms with Crippen LogP contribution in [0.4, 0.5) is 16.2 Å². The first-order chi connectivity index (χ1) is 24.7. The number of carbonyl (C=O) groups is 2. The molecule has 1 atom stereocenters. The third-order valence-corrected chi connectivity index (χ3v) is 9.53. The summed E-state index contributed by atoms with van der Waals surface area (Å²) in [6.07, 6.45) is 1.74. The van der Waals surface area contributed by atoms with Crippen molar-refractivity contribution in [3.05, 3.63) is 124 Å². The van der Waals surface area contributed by atoms with Gasteiger partial charge < -0.3 is 36.7 Å². The number of fused-ring (bicyclic) bond motifs is 1. The van der Waals surface area contributed by atoms with E-state index in [9.17, 15) is 29.7 Å². The fourth-order valence-corrected chi connectivity index (χ4v) is 6.81. The van der Waals surface area contributed by atoms with Gasteiger partial charge in [-0.15, -0.1) is 0 Å². The van der Waals surface area contributed by atoms with Crippen molar-refractivity contribution in [2.75, 3.05) is 16.8 Å². The summed E-state index contributed by atoms with van der Waals surface area (Å²) in [5.74, 6) is -0.217. The van der Waals surface area contributed by atoms with Crippen molar-refractivity contribution in [2.45, 2.75) is 63.3 Å². The van der Waals surface area contributed by atoms with Gasteiger partial charge in [0.25, 0.3) is 0 Å². The summed E-state index contributed by atoms with van der Waals surface area (Å²) in [6.45, 7) is 0.713. The molecule has 1 aliphatic rings. The Kier molecular flexibility index (Phi) is 11.1. The number of hydrogen-bond acceptors (Lipinski definition) is 7. The second-order valence-corrected chi connectivity index (χ2v) is 13.1. The SMILES string of the molecule is NC1CCC(N(C(=O)O)c2cc(CCC(=O)Nc3ccc(CNC[C@H](O)c4ccc(O)c5[nH]c(=O)ccc45)cc3)ccc2-c2ccccc2)CC1. The number of carbonyl (C=O) groups excluding carboxylic acids is 1. The summed E-state index contributed by atoms with van der Waals surface area (Å²) in [4.78, 5) is 41.4. The van der Waals surface area contributed by atoms with Crippen LogP contribution < -0.4 is 26.8 Å². The second-order valence-electron chi connectivity index (χ2n) is 13.1. The van der Waals surface area contributed by atoms with Gasteiger partial charge in [0.05, 0.1) is 17.3 Å². The zero-order valence-corrected chi connectivity index (χ0v) is 28.2. The summed E-state index contributed by atoms with van der Waals surface area (Å²) in [5.41, 5.74) is 11.5. The van der Waals surface area contributed by atoms with Gasteiger partial charge in [-0.05, 0) is 84.7 Å². The molecular formula is C40H43N5O6. The average Bonchev–Trinajstić information content (AvgIpc) is 3.13. The predicted octanol–water partition coefficient (Wildman–Crippen LogP) is 6.05. The lowest BCUT2D eigenvalue weighted by Gasteiger charge is -2.35. The monoisotopic (exact) mass is 689 g/mol. The van der Waals surface area contributed by atoms with E-state index in [-0.39, 0.29) is 47.8 Å². The van der Waals surface area contributed by atoms with Gasteiger partial charge in [0, 0.05) is 54.3 Å². The van der Waals surface area contributed by atoms with E-state index in [1.165, 1.54) is 17.0 Å². The first-order valence-corrected chi connectivity index (χ1v) is 17.2. The van der Waals surface area contributed by atoms with Crippen molar-refractivity contribution in [3.63, 3.8) is 0 Å². The van der Waals surface area contributed by atoms with Crippen LogP contribution in [0.2, 0.25) is 0 Å². The third kappa shape index (κ3) is 8.64. The van der Waals surface area contributed by atoms with Crippen LogP contribution in [-0.2, 0) is 17.8 Å². The molecule has 0 bridgehead atoms. The highest BCUT2D eigenvalue weighted by atomic mass is 16.4. The van der Waals surface area contributed by atoms with Crippen LogP contribution in [0.15, 0.2) is 102 Å². The number of benzene rings is 4. The number of hydrogen-bond donors (Lipinski definition) is 7. The Hall–Kier alpha value is -5.49. The molecular weight excluding hydrogens is 646 g/mol. The van der Waals surface area contributed by atoms with E-state index in [1.54, 1.807) is 12.1 Å². The van der Waals surface area contributed by atoms with Gasteiger partial charge >= 0.3 is 6.09 Å². The van der Waals surface area contributed by atoms with Crippen molar-refractivity contribution in [1.82, 2.24) is 10.3 Å². The Morgan fingerprint density at radius 2 is 1.63 bits per heavy atom. The van der Waals surface area contributed by atoms with Gasteiger partial charge in [0.2, 0.25) is 11.5 Å². The smallest absolute Gasteiger partial charge is 0.412 e. The molecule has 4 aromatic carbocycles. The first-order valence-electron chi connectivity index (χ1n) is 17.2. The molecule has 1 aliphatic carbocycles. The number of rotatable bonds is 12. The maximum absolute atomic E-state index is 13.0. The quantitative estimate of drug-likeness (QED) is 0.0827. The third-order valence-electron chi connectivity index (χ3n) is 9.53. The van der Waals surface area contributed by atoms with Crippen LogP contribution in [0.3, 0.4) is 0 Å². The van der Waals surface area contributed by atoms with E-state index < -0.39 is 12.2 Å². The number of phenols is 1. The highest BCUT2D eigenvalue weighted by molar-refractivity contribution is 5.94. The number of aryl methyl sites for hydroxylation is 1. The summed E-state index contributed by atoms with van der Waals surface area (Å²) in [7, 11) is 0. The first kappa shape index (κ1) is 35.3. The number of aromatic hydroxyl groups is 1. The standard InChI is InChI=1S/C40H43N5O6/c41-28-10-14-30(15-11-28)45(40(50)51)34-22-25(8-16-31(34)27-4-2-1-3-5-27)9-20-37(48)43-29-12-6-26(7-13-29)23-42-24-36(47)32-17-19-35(46)39-33(32)18-21-38(49)44-39/h1-8,12-13,16-19,21-22,28,30,36,42,46-47H,9-11,14-15,20,23-24,41H2,(H,43,48)(H,44,49)(H,50,51)/t28?,30?,36-/m0/s1. The molecule has 0 radical (unpaired) electrons. The molecule has 2 amide bonds. The Bertz CT molecular complexity index is 2040. The number of aromatic amines is 1. The number of aliphatic hydroxyl groups excluding tert-OH is 1. The number of aromatic nitrogens is 1. The van der Waals surface area contributed by atoms with Crippen LogP contribution in [0.5, 0.6) is 5.75 Å². The number of H-pyrrole nitrogens is 1. The molecule has 264 valence electrons. The van der Waals surface area contributed by atoms with E-state index in [0.29, 0.717) is 48.1 Å². The molecule has 0 spiro atoms. The lowest BCUT2D eigenvalue weighted by Crippen LogP contribution is -2.44. The molecule has 5 aromatic rings. The van der Waals surface area contributed by atoms with Crippen LogP contribution in [0, 0.1) is 0 Å². The predicted molar refractivity (Wildman–Crippen MR) is 199 cm³/mol. The number of aliphatic hydroxyl groups is 1. The molecule has 1 saturated carbocycles. The van der Waals surface area contributed by atoms with E-state index in [4.69, 9.17) is 5.73 Å². The molecule has 1 fully saturated rings. The van der Waals surface area contributed by atoms with Gasteiger partial charge in [0.1, 0.15) is 5.75 Å². The summed E-state index contributed by atoms with van der Waals surface area (Å²) in [5, 5.41) is 38.0. The molecule has 0 aliphatic heterocycles. The fraction of sp³-hybridized carbons (Fsp3) is 0.275. The lowest BCUT2D eigenvalue weighted by atomic mass is 9.89. The maximum Gasteiger partial charge on any atom is 0.412 e. The minimum absolute atomic E-state index is 0.0614. The number of pyridine rings is 1. The van der Waals surface area contributed by atoms with Gasteiger partial charge in [-0.1, -0.05) is 60.7 Å². The Morgan fingerprint density at radius 1 is 0.902 bits per heavy atom. The molecule has 6 rings (SSSR count). The van der Waals surface area contributed by atoms with Crippen molar-refractivity contribution >= 4 is 34.3 Å². The molecule has 11 nitrogen and oxygen atoms in total.